The first kappa shape index (κ1) is 20.4. The van der Waals surface area contributed by atoms with Crippen LogP contribution in [0.2, 0.25) is 0 Å². The molecule has 1 rings (SSSR count). The molecule has 2 N–H and O–H groups in total. The molecule has 134 valence electrons. The van der Waals surface area contributed by atoms with Crippen LogP contribution >= 0.6 is 12.2 Å². The zero-order chi connectivity index (χ0) is 18.3. The summed E-state index contributed by atoms with van der Waals surface area (Å²) in [6, 6.07) is 10.2. The fourth-order valence-corrected chi connectivity index (χ4v) is 3.19. The van der Waals surface area contributed by atoms with Gasteiger partial charge >= 0.3 is 0 Å². The van der Waals surface area contributed by atoms with Crippen molar-refractivity contribution in [1.82, 2.24) is 15.8 Å². The predicted octanol–water partition coefficient (Wildman–Crippen LogP) is 3.70. The lowest BCUT2D eigenvalue weighted by molar-refractivity contribution is -0.129. The number of thiocarbonyl (C=S) groups is 1. The van der Waals surface area contributed by atoms with Crippen LogP contribution in [-0.4, -0.2) is 29.5 Å². The van der Waals surface area contributed by atoms with Crippen molar-refractivity contribution in [3.05, 3.63) is 35.9 Å². The Morgan fingerprint density at radius 3 is 2.29 bits per heavy atom. The topological polar surface area (TPSA) is 44.4 Å². The second-order valence-corrected chi connectivity index (χ2v) is 7.77. The predicted molar refractivity (Wildman–Crippen MR) is 105 cm³/mol. The number of amides is 1. The second kappa shape index (κ2) is 9.02. The molecule has 4 nitrogen and oxygen atoms in total. The molecular formula is C19H31N3OS. The summed E-state index contributed by atoms with van der Waals surface area (Å²) < 4.78 is 0. The monoisotopic (exact) mass is 349 g/mol. The Balaban J connectivity index is 2.82. The molecule has 0 heterocycles. The first-order valence-corrected chi connectivity index (χ1v) is 8.95. The van der Waals surface area contributed by atoms with E-state index >= 15 is 0 Å². The molecule has 0 spiro atoms. The zero-order valence-electron chi connectivity index (χ0n) is 15.7. The first-order chi connectivity index (χ1) is 11.2. The number of hydrogen-bond acceptors (Lipinski definition) is 2. The van der Waals surface area contributed by atoms with Crippen molar-refractivity contribution in [3.63, 3.8) is 0 Å². The zero-order valence-corrected chi connectivity index (χ0v) is 16.5. The molecule has 2 atom stereocenters. The van der Waals surface area contributed by atoms with Gasteiger partial charge in [0.2, 0.25) is 5.91 Å². The number of carbonyl (C=O) groups excluding carboxylic acids is 1. The Hall–Kier alpha value is -1.62. The first-order valence-electron chi connectivity index (χ1n) is 8.54. The average molecular weight is 350 g/mol. The highest BCUT2D eigenvalue weighted by Gasteiger charge is 2.36. The highest BCUT2D eigenvalue weighted by molar-refractivity contribution is 7.80. The minimum absolute atomic E-state index is 0.0360. The summed E-state index contributed by atoms with van der Waals surface area (Å²) in [5.41, 5.74) is 6.69. The molecule has 1 aromatic rings. The summed E-state index contributed by atoms with van der Waals surface area (Å²) in [7, 11) is 1.92. The number of benzene rings is 1. The van der Waals surface area contributed by atoms with Gasteiger partial charge in [-0.25, -0.2) is 0 Å². The molecule has 0 saturated heterocycles. The molecule has 1 aromatic carbocycles. The van der Waals surface area contributed by atoms with Crippen molar-refractivity contribution in [1.29, 1.82) is 0 Å². The normalized spacial score (nSPS) is 13.8. The standard InChI is InChI=1S/C19H31N3OS/c1-7-13-22(6)18(24)21-20-17(23)16(19(3,4)5)14(2)15-11-9-8-10-12-15/h8-12,14,16H,7,13H2,1-6H3,(H,20,23)(H,21,24). The van der Waals surface area contributed by atoms with Crippen molar-refractivity contribution < 1.29 is 4.79 Å². The summed E-state index contributed by atoms with van der Waals surface area (Å²) in [5.74, 6) is -0.104. The van der Waals surface area contributed by atoms with Gasteiger partial charge in [0.15, 0.2) is 5.11 Å². The molecule has 24 heavy (non-hydrogen) atoms. The maximum Gasteiger partial charge on any atom is 0.242 e. The molecule has 0 bridgehead atoms. The lowest BCUT2D eigenvalue weighted by Gasteiger charge is -2.35. The van der Waals surface area contributed by atoms with Gasteiger partial charge in [0, 0.05) is 13.6 Å². The molecule has 0 aliphatic rings. The Bertz CT molecular complexity index is 539. The number of nitrogens with zero attached hydrogens (tertiary/aromatic N) is 1. The second-order valence-electron chi connectivity index (χ2n) is 7.38. The van der Waals surface area contributed by atoms with E-state index in [-0.39, 0.29) is 23.2 Å². The van der Waals surface area contributed by atoms with Crippen LogP contribution in [0.15, 0.2) is 30.3 Å². The van der Waals surface area contributed by atoms with Crippen LogP contribution in [0, 0.1) is 11.3 Å². The Labute approximate surface area is 152 Å². The van der Waals surface area contributed by atoms with Gasteiger partial charge in [0.1, 0.15) is 0 Å². The van der Waals surface area contributed by atoms with Gasteiger partial charge in [-0.1, -0.05) is 65.0 Å². The largest absolute Gasteiger partial charge is 0.351 e. The van der Waals surface area contributed by atoms with E-state index in [4.69, 9.17) is 12.2 Å². The van der Waals surface area contributed by atoms with Crippen LogP contribution in [0.1, 0.15) is 52.5 Å². The highest BCUT2D eigenvalue weighted by Crippen LogP contribution is 2.37. The third kappa shape index (κ3) is 5.78. The maximum atomic E-state index is 12.8. The molecule has 0 saturated carbocycles. The summed E-state index contributed by atoms with van der Waals surface area (Å²) in [4.78, 5) is 14.8. The summed E-state index contributed by atoms with van der Waals surface area (Å²) in [5, 5.41) is 0.533. The molecule has 5 heteroatoms. The van der Waals surface area contributed by atoms with E-state index in [9.17, 15) is 4.79 Å². The molecule has 0 aliphatic carbocycles. The van der Waals surface area contributed by atoms with Crippen LogP contribution in [0.25, 0.3) is 0 Å². The third-order valence-corrected chi connectivity index (χ3v) is 4.65. The van der Waals surface area contributed by atoms with E-state index in [0.29, 0.717) is 5.11 Å². The minimum atomic E-state index is -0.174. The molecule has 0 aromatic heterocycles. The number of hydrogen-bond donors (Lipinski definition) is 2. The van der Waals surface area contributed by atoms with E-state index in [2.05, 4.69) is 57.6 Å². The Kier molecular flexibility index (Phi) is 7.67. The number of carbonyl (C=O) groups is 1. The van der Waals surface area contributed by atoms with E-state index in [0.717, 1.165) is 13.0 Å². The SMILES string of the molecule is CCCN(C)C(=S)NNC(=O)C(C(C)c1ccccc1)C(C)(C)C. The highest BCUT2D eigenvalue weighted by atomic mass is 32.1. The molecule has 2 unspecified atom stereocenters. The van der Waals surface area contributed by atoms with Crippen molar-refractivity contribution in [2.45, 2.75) is 47.0 Å². The van der Waals surface area contributed by atoms with Gasteiger partial charge in [-0.15, -0.1) is 0 Å². The van der Waals surface area contributed by atoms with Gasteiger partial charge in [-0.2, -0.15) is 0 Å². The molecule has 0 radical (unpaired) electrons. The Morgan fingerprint density at radius 1 is 1.21 bits per heavy atom. The van der Waals surface area contributed by atoms with Gasteiger partial charge in [-0.05, 0) is 35.5 Å². The molecular weight excluding hydrogens is 318 g/mol. The van der Waals surface area contributed by atoms with E-state index in [1.807, 2.05) is 30.1 Å². The van der Waals surface area contributed by atoms with Gasteiger partial charge in [-0.3, -0.25) is 15.6 Å². The van der Waals surface area contributed by atoms with Crippen LogP contribution in [-0.2, 0) is 4.79 Å². The fraction of sp³-hybridized carbons (Fsp3) is 0.579. The van der Waals surface area contributed by atoms with Crippen LogP contribution < -0.4 is 10.9 Å². The average Bonchev–Trinajstić information content (AvgIpc) is 2.52. The van der Waals surface area contributed by atoms with E-state index in [1.54, 1.807) is 0 Å². The number of hydrazine groups is 1. The molecule has 1 amide bonds. The third-order valence-electron chi connectivity index (χ3n) is 4.24. The fourth-order valence-electron chi connectivity index (χ4n) is 3.04. The van der Waals surface area contributed by atoms with Crippen molar-refractivity contribution in [2.75, 3.05) is 13.6 Å². The Morgan fingerprint density at radius 2 is 1.79 bits per heavy atom. The number of rotatable bonds is 5. The number of nitrogens with one attached hydrogen (secondary N) is 2. The lowest BCUT2D eigenvalue weighted by atomic mass is 9.71. The van der Waals surface area contributed by atoms with Gasteiger partial charge in [0.05, 0.1) is 5.92 Å². The minimum Gasteiger partial charge on any atom is -0.351 e. The smallest absolute Gasteiger partial charge is 0.242 e. The van der Waals surface area contributed by atoms with E-state index in [1.165, 1.54) is 5.56 Å². The van der Waals surface area contributed by atoms with Crippen LogP contribution in [0.3, 0.4) is 0 Å². The quantitative estimate of drug-likeness (QED) is 0.628. The van der Waals surface area contributed by atoms with Crippen LogP contribution in [0.4, 0.5) is 0 Å². The van der Waals surface area contributed by atoms with Crippen molar-refractivity contribution >= 4 is 23.2 Å². The lowest BCUT2D eigenvalue weighted by Crippen LogP contribution is -2.51. The van der Waals surface area contributed by atoms with E-state index < -0.39 is 0 Å². The maximum absolute atomic E-state index is 12.8. The molecule has 0 fully saturated rings. The van der Waals surface area contributed by atoms with Crippen molar-refractivity contribution in [2.24, 2.45) is 11.3 Å². The van der Waals surface area contributed by atoms with Crippen molar-refractivity contribution in [3.8, 4) is 0 Å². The van der Waals surface area contributed by atoms with Gasteiger partial charge < -0.3 is 4.90 Å². The summed E-state index contributed by atoms with van der Waals surface area (Å²) >= 11 is 5.30. The summed E-state index contributed by atoms with van der Waals surface area (Å²) in [6.45, 7) is 11.3. The summed E-state index contributed by atoms with van der Waals surface area (Å²) in [6.07, 6.45) is 1.00. The molecule has 0 aliphatic heterocycles. The van der Waals surface area contributed by atoms with Crippen LogP contribution in [0.5, 0.6) is 0 Å². The van der Waals surface area contributed by atoms with Gasteiger partial charge in [0.25, 0.3) is 0 Å².